The van der Waals surface area contributed by atoms with Gasteiger partial charge in [-0.25, -0.2) is 14.4 Å². The molecule has 3 nitrogen and oxygen atoms in total. The van der Waals surface area contributed by atoms with E-state index in [2.05, 4.69) is 9.97 Å². The monoisotopic (exact) mass is 326 g/mol. The largest absolute Gasteiger partial charge is 0.378 e. The summed E-state index contributed by atoms with van der Waals surface area (Å²) in [7, 11) is 0. The molecule has 1 aliphatic heterocycles. The Balaban J connectivity index is 1.90. The lowest BCUT2D eigenvalue weighted by Crippen LogP contribution is -2.12. The molecule has 21 heavy (non-hydrogen) atoms. The summed E-state index contributed by atoms with van der Waals surface area (Å²) >= 11 is 12.4. The van der Waals surface area contributed by atoms with Crippen molar-refractivity contribution in [3.8, 4) is 11.1 Å². The molecule has 1 aromatic heterocycles. The Labute approximate surface area is 132 Å². The fourth-order valence-electron chi connectivity index (χ4n) is 2.40. The second-order valence-corrected chi connectivity index (χ2v) is 5.66. The van der Waals surface area contributed by atoms with Crippen molar-refractivity contribution in [2.24, 2.45) is 0 Å². The average Bonchev–Trinajstić information content (AvgIpc) is 2.93. The van der Waals surface area contributed by atoms with Gasteiger partial charge in [0.05, 0.1) is 11.7 Å². The molecule has 1 aliphatic rings. The smallest absolute Gasteiger partial charge is 0.142 e. The second kappa shape index (κ2) is 6.26. The van der Waals surface area contributed by atoms with Crippen LogP contribution in [0.5, 0.6) is 0 Å². The van der Waals surface area contributed by atoms with Gasteiger partial charge in [0.1, 0.15) is 21.9 Å². The maximum absolute atomic E-state index is 13.0. The Morgan fingerprint density at radius 1 is 1.14 bits per heavy atom. The molecule has 3 rings (SSSR count). The Kier molecular flexibility index (Phi) is 4.38. The Bertz CT molecular complexity index is 620. The fraction of sp³-hybridized carbons (Fsp3) is 0.333. The van der Waals surface area contributed by atoms with Crippen LogP contribution in [0.3, 0.4) is 0 Å². The zero-order valence-corrected chi connectivity index (χ0v) is 12.7. The highest BCUT2D eigenvalue weighted by atomic mass is 35.5. The van der Waals surface area contributed by atoms with Crippen LogP contribution in [0.1, 0.15) is 18.7 Å². The molecule has 0 spiro atoms. The van der Waals surface area contributed by atoms with E-state index in [1.54, 1.807) is 12.1 Å². The molecule has 0 saturated carbocycles. The van der Waals surface area contributed by atoms with Crippen LogP contribution in [0, 0.1) is 5.82 Å². The molecular weight excluding hydrogens is 314 g/mol. The van der Waals surface area contributed by atoms with Gasteiger partial charge < -0.3 is 4.74 Å². The minimum absolute atomic E-state index is 0.133. The van der Waals surface area contributed by atoms with Gasteiger partial charge in [-0.1, -0.05) is 35.3 Å². The maximum atomic E-state index is 13.0. The molecule has 2 heterocycles. The van der Waals surface area contributed by atoms with Gasteiger partial charge in [-0.3, -0.25) is 0 Å². The van der Waals surface area contributed by atoms with Crippen molar-refractivity contribution >= 4 is 23.2 Å². The summed E-state index contributed by atoms with van der Waals surface area (Å²) in [5.74, 6) is 0.254. The van der Waals surface area contributed by atoms with Gasteiger partial charge in [0.2, 0.25) is 0 Å². The predicted molar refractivity (Wildman–Crippen MR) is 80.1 cm³/mol. The van der Waals surface area contributed by atoms with Crippen LogP contribution >= 0.6 is 23.2 Å². The van der Waals surface area contributed by atoms with Crippen LogP contribution < -0.4 is 0 Å². The van der Waals surface area contributed by atoms with Gasteiger partial charge in [-0.2, -0.15) is 0 Å². The van der Waals surface area contributed by atoms with E-state index in [9.17, 15) is 4.39 Å². The van der Waals surface area contributed by atoms with E-state index in [1.165, 1.54) is 12.1 Å². The molecule has 0 N–H and O–H groups in total. The van der Waals surface area contributed by atoms with E-state index in [0.717, 1.165) is 19.4 Å². The molecular formula is C15H13Cl2FN2O. The Hall–Kier alpha value is -1.23. The van der Waals surface area contributed by atoms with Crippen LogP contribution in [-0.4, -0.2) is 22.7 Å². The third kappa shape index (κ3) is 3.34. The Morgan fingerprint density at radius 3 is 2.38 bits per heavy atom. The molecule has 0 aliphatic carbocycles. The summed E-state index contributed by atoms with van der Waals surface area (Å²) in [4.78, 5) is 8.58. The molecule has 6 heteroatoms. The fourth-order valence-corrected chi connectivity index (χ4v) is 3.04. The van der Waals surface area contributed by atoms with E-state index in [4.69, 9.17) is 27.9 Å². The van der Waals surface area contributed by atoms with Crippen molar-refractivity contribution in [2.75, 3.05) is 6.61 Å². The first-order valence-corrected chi connectivity index (χ1v) is 7.48. The van der Waals surface area contributed by atoms with Gasteiger partial charge in [0.15, 0.2) is 0 Å². The van der Waals surface area contributed by atoms with Crippen LogP contribution in [-0.2, 0) is 11.2 Å². The summed E-state index contributed by atoms with van der Waals surface area (Å²) in [6.45, 7) is 0.778. The van der Waals surface area contributed by atoms with Crippen molar-refractivity contribution in [2.45, 2.75) is 25.4 Å². The summed E-state index contributed by atoms with van der Waals surface area (Å²) in [6.07, 6.45) is 2.79. The predicted octanol–water partition coefficient (Wildman–Crippen LogP) is 4.31. The van der Waals surface area contributed by atoms with Crippen molar-refractivity contribution in [3.05, 3.63) is 46.2 Å². The maximum Gasteiger partial charge on any atom is 0.142 e. The number of hydrogen-bond acceptors (Lipinski definition) is 3. The van der Waals surface area contributed by atoms with E-state index in [1.807, 2.05) is 0 Å². The first-order chi connectivity index (χ1) is 10.1. The van der Waals surface area contributed by atoms with Crippen LogP contribution in [0.2, 0.25) is 10.3 Å². The second-order valence-electron chi connectivity index (χ2n) is 4.94. The molecule has 110 valence electrons. The van der Waals surface area contributed by atoms with Gasteiger partial charge >= 0.3 is 0 Å². The van der Waals surface area contributed by atoms with Crippen LogP contribution in [0.15, 0.2) is 24.3 Å². The molecule has 0 radical (unpaired) electrons. The molecule has 1 atom stereocenters. The van der Waals surface area contributed by atoms with Gasteiger partial charge in [0.25, 0.3) is 0 Å². The van der Waals surface area contributed by atoms with E-state index >= 15 is 0 Å². The van der Waals surface area contributed by atoms with Gasteiger partial charge in [-0.15, -0.1) is 0 Å². The lowest BCUT2D eigenvalue weighted by Gasteiger charge is -2.11. The highest BCUT2D eigenvalue weighted by molar-refractivity contribution is 6.37. The van der Waals surface area contributed by atoms with E-state index in [0.29, 0.717) is 23.4 Å². The zero-order valence-electron chi connectivity index (χ0n) is 11.2. The molecule has 0 amide bonds. The molecule has 0 bridgehead atoms. The van der Waals surface area contributed by atoms with Crippen molar-refractivity contribution in [1.82, 2.24) is 9.97 Å². The molecule has 1 unspecified atom stereocenters. The average molecular weight is 327 g/mol. The number of benzene rings is 1. The highest BCUT2D eigenvalue weighted by Gasteiger charge is 2.20. The van der Waals surface area contributed by atoms with Crippen molar-refractivity contribution < 1.29 is 9.13 Å². The van der Waals surface area contributed by atoms with Crippen molar-refractivity contribution in [3.63, 3.8) is 0 Å². The van der Waals surface area contributed by atoms with Gasteiger partial charge in [-0.05, 0) is 30.5 Å². The third-order valence-electron chi connectivity index (χ3n) is 3.43. The quantitative estimate of drug-likeness (QED) is 0.788. The SMILES string of the molecule is Fc1ccc(-c2c(Cl)nc(CC3CCCO3)nc2Cl)cc1. The number of hydrogen-bond donors (Lipinski definition) is 0. The minimum Gasteiger partial charge on any atom is -0.378 e. The first-order valence-electron chi connectivity index (χ1n) is 6.73. The minimum atomic E-state index is -0.318. The lowest BCUT2D eigenvalue weighted by atomic mass is 10.1. The summed E-state index contributed by atoms with van der Waals surface area (Å²) < 4.78 is 18.5. The normalized spacial score (nSPS) is 18.1. The number of aromatic nitrogens is 2. The molecule has 2 aromatic rings. The number of ether oxygens (including phenoxy) is 1. The number of halogens is 3. The summed E-state index contributed by atoms with van der Waals surface area (Å²) in [5.41, 5.74) is 1.21. The van der Waals surface area contributed by atoms with E-state index < -0.39 is 0 Å². The van der Waals surface area contributed by atoms with E-state index in [-0.39, 0.29) is 22.2 Å². The zero-order chi connectivity index (χ0) is 14.8. The molecule has 1 aromatic carbocycles. The lowest BCUT2D eigenvalue weighted by molar-refractivity contribution is 0.110. The van der Waals surface area contributed by atoms with Crippen LogP contribution in [0.4, 0.5) is 4.39 Å². The third-order valence-corrected chi connectivity index (χ3v) is 3.98. The number of rotatable bonds is 3. The van der Waals surface area contributed by atoms with Crippen molar-refractivity contribution in [1.29, 1.82) is 0 Å². The summed E-state index contributed by atoms with van der Waals surface area (Å²) in [6, 6.07) is 5.90. The summed E-state index contributed by atoms with van der Waals surface area (Å²) in [5, 5.41) is 0.546. The highest BCUT2D eigenvalue weighted by Crippen LogP contribution is 2.32. The van der Waals surface area contributed by atoms with Gasteiger partial charge in [0, 0.05) is 13.0 Å². The topological polar surface area (TPSA) is 35.0 Å². The molecule has 1 saturated heterocycles. The Morgan fingerprint density at radius 2 is 1.81 bits per heavy atom. The number of nitrogens with zero attached hydrogens (tertiary/aromatic N) is 2. The molecule has 1 fully saturated rings. The first kappa shape index (κ1) is 14.7. The van der Waals surface area contributed by atoms with Crippen LogP contribution in [0.25, 0.3) is 11.1 Å². The standard InChI is InChI=1S/C15H13Cl2FN2O/c16-14-13(9-3-5-10(18)6-4-9)15(17)20-12(19-14)8-11-2-1-7-21-11/h3-6,11H,1-2,7-8H2.